The maximum absolute atomic E-state index is 13.2. The highest BCUT2D eigenvalue weighted by atomic mass is 32.2. The molecule has 1 saturated heterocycles. The predicted molar refractivity (Wildman–Crippen MR) is 129 cm³/mol. The molecule has 1 amide bonds. The summed E-state index contributed by atoms with van der Waals surface area (Å²) in [5, 5.41) is 8.96. The first-order valence-corrected chi connectivity index (χ1v) is 12.7. The Kier molecular flexibility index (Phi) is 8.06. The van der Waals surface area contributed by atoms with Crippen LogP contribution in [0, 0.1) is 17.2 Å². The molecule has 1 fully saturated rings. The SMILES string of the molecule is C=CCN(Cc1ccc(C#N)cc1)C(=O)C1CCN(S(=O)(=O)c2ccc(C(C)C)cc2)CC1. The molecule has 2 aromatic rings. The molecule has 3 rings (SSSR count). The molecule has 1 heterocycles. The molecule has 0 unspecified atom stereocenters. The van der Waals surface area contributed by atoms with Crippen LogP contribution in [0.25, 0.3) is 0 Å². The van der Waals surface area contributed by atoms with E-state index in [2.05, 4.69) is 26.5 Å². The molecular weight excluding hydrogens is 434 g/mol. The lowest BCUT2D eigenvalue weighted by Crippen LogP contribution is -2.44. The summed E-state index contributed by atoms with van der Waals surface area (Å²) in [6, 6.07) is 16.3. The summed E-state index contributed by atoms with van der Waals surface area (Å²) in [5.74, 6) is 0.127. The van der Waals surface area contributed by atoms with E-state index >= 15 is 0 Å². The highest BCUT2D eigenvalue weighted by Crippen LogP contribution is 2.27. The van der Waals surface area contributed by atoms with Crippen molar-refractivity contribution >= 4 is 15.9 Å². The Morgan fingerprint density at radius 2 is 1.76 bits per heavy atom. The number of piperidine rings is 1. The largest absolute Gasteiger partial charge is 0.334 e. The van der Waals surface area contributed by atoms with Gasteiger partial charge in [0.25, 0.3) is 0 Å². The average Bonchev–Trinajstić information content (AvgIpc) is 2.84. The van der Waals surface area contributed by atoms with Crippen molar-refractivity contribution in [3.05, 3.63) is 77.9 Å². The first kappa shape index (κ1) is 24.7. The van der Waals surface area contributed by atoms with Crippen LogP contribution in [0.2, 0.25) is 0 Å². The van der Waals surface area contributed by atoms with Crippen LogP contribution in [0.5, 0.6) is 0 Å². The average molecular weight is 466 g/mol. The van der Waals surface area contributed by atoms with Crippen LogP contribution in [-0.4, -0.2) is 43.2 Å². The third kappa shape index (κ3) is 5.89. The molecule has 0 aliphatic carbocycles. The second kappa shape index (κ2) is 10.8. The molecule has 0 atom stereocenters. The number of amides is 1. The van der Waals surface area contributed by atoms with Crippen LogP contribution < -0.4 is 0 Å². The Balaban J connectivity index is 1.64. The van der Waals surface area contributed by atoms with Gasteiger partial charge in [0.2, 0.25) is 15.9 Å². The zero-order valence-electron chi connectivity index (χ0n) is 19.3. The Hall–Kier alpha value is -2.95. The van der Waals surface area contributed by atoms with Gasteiger partial charge in [0.15, 0.2) is 0 Å². The Labute approximate surface area is 197 Å². The number of hydrogen-bond donors (Lipinski definition) is 0. The Bertz CT molecular complexity index is 1110. The Morgan fingerprint density at radius 1 is 1.15 bits per heavy atom. The summed E-state index contributed by atoms with van der Waals surface area (Å²) in [7, 11) is -3.57. The molecule has 0 bridgehead atoms. The number of sulfonamides is 1. The van der Waals surface area contributed by atoms with E-state index in [4.69, 9.17) is 5.26 Å². The number of nitrogens with zero attached hydrogens (tertiary/aromatic N) is 3. The van der Waals surface area contributed by atoms with Gasteiger partial charge in [0.1, 0.15) is 0 Å². The van der Waals surface area contributed by atoms with Gasteiger partial charge in [-0.15, -0.1) is 6.58 Å². The quantitative estimate of drug-likeness (QED) is 0.545. The molecule has 0 N–H and O–H groups in total. The van der Waals surface area contributed by atoms with E-state index in [1.165, 1.54) is 4.31 Å². The lowest BCUT2D eigenvalue weighted by atomic mass is 9.96. The van der Waals surface area contributed by atoms with Gasteiger partial charge in [-0.05, 0) is 54.2 Å². The molecule has 1 aliphatic heterocycles. The van der Waals surface area contributed by atoms with Crippen LogP contribution in [0.1, 0.15) is 49.3 Å². The van der Waals surface area contributed by atoms with Crippen LogP contribution in [-0.2, 0) is 21.4 Å². The standard InChI is InChI=1S/C26H31N3O3S/c1-4-15-28(19-22-7-5-21(18-27)6-8-22)26(30)24-13-16-29(17-14-24)33(31,32)25-11-9-23(10-12-25)20(2)3/h4-12,20,24H,1,13-17,19H2,2-3H3. The number of hydrogen-bond acceptors (Lipinski definition) is 4. The van der Waals surface area contributed by atoms with Gasteiger partial charge in [-0.3, -0.25) is 4.79 Å². The minimum Gasteiger partial charge on any atom is -0.334 e. The predicted octanol–water partition coefficient (Wildman–Crippen LogP) is 4.30. The van der Waals surface area contributed by atoms with Gasteiger partial charge in [-0.1, -0.05) is 44.2 Å². The molecule has 2 aromatic carbocycles. The van der Waals surface area contributed by atoms with E-state index in [-0.39, 0.29) is 11.8 Å². The first-order chi connectivity index (χ1) is 15.8. The van der Waals surface area contributed by atoms with E-state index in [9.17, 15) is 13.2 Å². The highest BCUT2D eigenvalue weighted by Gasteiger charge is 2.33. The smallest absolute Gasteiger partial charge is 0.243 e. The minimum atomic E-state index is -3.57. The molecule has 0 saturated carbocycles. The second-order valence-electron chi connectivity index (χ2n) is 8.72. The fraction of sp³-hybridized carbons (Fsp3) is 0.385. The normalized spacial score (nSPS) is 15.2. The number of rotatable bonds is 8. The maximum atomic E-state index is 13.2. The summed E-state index contributed by atoms with van der Waals surface area (Å²) in [4.78, 5) is 15.2. The fourth-order valence-corrected chi connectivity index (χ4v) is 5.54. The lowest BCUT2D eigenvalue weighted by molar-refractivity contribution is -0.136. The molecule has 6 nitrogen and oxygen atoms in total. The van der Waals surface area contributed by atoms with Gasteiger partial charge < -0.3 is 4.90 Å². The third-order valence-corrected chi connectivity index (χ3v) is 8.02. The number of benzene rings is 2. The van der Waals surface area contributed by atoms with E-state index in [1.54, 1.807) is 35.2 Å². The molecule has 1 aliphatic rings. The third-order valence-electron chi connectivity index (χ3n) is 6.11. The number of nitriles is 1. The highest BCUT2D eigenvalue weighted by molar-refractivity contribution is 7.89. The molecule has 33 heavy (non-hydrogen) atoms. The van der Waals surface area contributed by atoms with Crippen molar-refractivity contribution < 1.29 is 13.2 Å². The van der Waals surface area contributed by atoms with Crippen LogP contribution in [0.4, 0.5) is 0 Å². The van der Waals surface area contributed by atoms with Crippen molar-refractivity contribution in [2.45, 2.75) is 44.0 Å². The van der Waals surface area contributed by atoms with Gasteiger partial charge in [0, 0.05) is 32.1 Å². The van der Waals surface area contributed by atoms with Crippen molar-refractivity contribution in [1.82, 2.24) is 9.21 Å². The van der Waals surface area contributed by atoms with Crippen molar-refractivity contribution in [3.8, 4) is 6.07 Å². The monoisotopic (exact) mass is 465 g/mol. The molecular formula is C26H31N3O3S. The molecule has 174 valence electrons. The van der Waals surface area contributed by atoms with E-state index in [1.807, 2.05) is 24.3 Å². The molecule has 0 spiro atoms. The molecule has 7 heteroatoms. The van der Waals surface area contributed by atoms with Crippen molar-refractivity contribution in [1.29, 1.82) is 5.26 Å². The van der Waals surface area contributed by atoms with E-state index < -0.39 is 10.0 Å². The topological polar surface area (TPSA) is 81.5 Å². The fourth-order valence-electron chi connectivity index (χ4n) is 4.07. The van der Waals surface area contributed by atoms with Crippen molar-refractivity contribution in [2.75, 3.05) is 19.6 Å². The maximum Gasteiger partial charge on any atom is 0.243 e. The Morgan fingerprint density at radius 3 is 2.27 bits per heavy atom. The van der Waals surface area contributed by atoms with Gasteiger partial charge in [-0.25, -0.2) is 8.42 Å². The van der Waals surface area contributed by atoms with Crippen LogP contribution >= 0.6 is 0 Å². The first-order valence-electron chi connectivity index (χ1n) is 11.2. The molecule has 0 aromatic heterocycles. The zero-order valence-corrected chi connectivity index (χ0v) is 20.1. The van der Waals surface area contributed by atoms with Gasteiger partial charge in [0.05, 0.1) is 16.5 Å². The zero-order chi connectivity index (χ0) is 24.0. The molecule has 0 radical (unpaired) electrons. The van der Waals surface area contributed by atoms with E-state index in [0.29, 0.717) is 55.4 Å². The second-order valence-corrected chi connectivity index (χ2v) is 10.7. The van der Waals surface area contributed by atoms with Crippen molar-refractivity contribution in [3.63, 3.8) is 0 Å². The summed E-state index contributed by atoms with van der Waals surface area (Å²) in [5.41, 5.74) is 2.62. The summed E-state index contributed by atoms with van der Waals surface area (Å²) >= 11 is 0. The summed E-state index contributed by atoms with van der Waals surface area (Å²) in [6.45, 7) is 9.40. The van der Waals surface area contributed by atoms with E-state index in [0.717, 1.165) is 11.1 Å². The lowest BCUT2D eigenvalue weighted by Gasteiger charge is -2.33. The van der Waals surface area contributed by atoms with Gasteiger partial charge >= 0.3 is 0 Å². The number of carbonyl (C=O) groups is 1. The summed E-state index contributed by atoms with van der Waals surface area (Å²) < 4.78 is 27.6. The van der Waals surface area contributed by atoms with Crippen LogP contribution in [0.15, 0.2) is 66.1 Å². The minimum absolute atomic E-state index is 0.0117. The summed E-state index contributed by atoms with van der Waals surface area (Å²) in [6.07, 6.45) is 2.67. The van der Waals surface area contributed by atoms with Crippen molar-refractivity contribution in [2.24, 2.45) is 5.92 Å². The van der Waals surface area contributed by atoms with Gasteiger partial charge in [-0.2, -0.15) is 9.57 Å². The van der Waals surface area contributed by atoms with Crippen LogP contribution in [0.3, 0.4) is 0 Å². The number of carbonyl (C=O) groups excluding carboxylic acids is 1.